The van der Waals surface area contributed by atoms with Gasteiger partial charge in [0, 0.05) is 31.1 Å². The molecule has 1 amide bonds. The van der Waals surface area contributed by atoms with Crippen molar-refractivity contribution in [2.75, 3.05) is 6.54 Å². The van der Waals surface area contributed by atoms with E-state index in [1.54, 1.807) is 0 Å². The molecule has 0 atom stereocenters. The molecule has 3 heterocycles. The third kappa shape index (κ3) is 3.51. The van der Waals surface area contributed by atoms with E-state index in [1.165, 1.54) is 0 Å². The van der Waals surface area contributed by atoms with Gasteiger partial charge in [0.15, 0.2) is 5.82 Å². The number of aromatic nitrogens is 4. The molecule has 3 aromatic rings. The smallest absolute Gasteiger partial charge is 0.220 e. The van der Waals surface area contributed by atoms with Crippen LogP contribution >= 0.6 is 0 Å². The number of pyridine rings is 1. The molecule has 1 aliphatic heterocycles. The summed E-state index contributed by atoms with van der Waals surface area (Å²) < 4.78 is 2.07. The van der Waals surface area contributed by atoms with Crippen molar-refractivity contribution >= 4 is 16.8 Å². The van der Waals surface area contributed by atoms with Gasteiger partial charge in [-0.3, -0.25) is 9.78 Å². The number of amides is 1. The molecule has 0 radical (unpaired) electrons. The highest BCUT2D eigenvalue weighted by Gasteiger charge is 2.15. The van der Waals surface area contributed by atoms with Crippen molar-refractivity contribution in [3.63, 3.8) is 0 Å². The van der Waals surface area contributed by atoms with Crippen molar-refractivity contribution in [2.45, 2.75) is 32.5 Å². The van der Waals surface area contributed by atoms with E-state index in [0.717, 1.165) is 47.7 Å². The zero-order valence-corrected chi connectivity index (χ0v) is 13.9. The van der Waals surface area contributed by atoms with Crippen molar-refractivity contribution in [1.82, 2.24) is 30.4 Å². The predicted molar refractivity (Wildman–Crippen MR) is 93.6 cm³/mol. The summed E-state index contributed by atoms with van der Waals surface area (Å²) in [6, 6.07) is 10.1. The van der Waals surface area contributed by atoms with Gasteiger partial charge in [0.25, 0.3) is 0 Å². The molecule has 0 saturated carbocycles. The lowest BCUT2D eigenvalue weighted by atomic mass is 10.1. The molecule has 2 aromatic heterocycles. The average molecular weight is 336 g/mol. The Bertz CT molecular complexity index is 903. The summed E-state index contributed by atoms with van der Waals surface area (Å²) in [4.78, 5) is 16.6. The van der Waals surface area contributed by atoms with Gasteiger partial charge in [-0.15, -0.1) is 10.2 Å². The van der Waals surface area contributed by atoms with Gasteiger partial charge in [0.2, 0.25) is 5.91 Å². The van der Waals surface area contributed by atoms with Crippen molar-refractivity contribution in [1.29, 1.82) is 0 Å². The number of carbonyl (C=O) groups is 1. The molecule has 1 aliphatic rings. The Balaban J connectivity index is 1.32. The molecule has 7 heteroatoms. The zero-order valence-electron chi connectivity index (χ0n) is 13.9. The number of hydrogen-bond acceptors (Lipinski definition) is 5. The highest BCUT2D eigenvalue weighted by Crippen LogP contribution is 2.13. The van der Waals surface area contributed by atoms with Crippen LogP contribution in [0.4, 0.5) is 0 Å². The average Bonchev–Trinajstić information content (AvgIpc) is 3.08. The van der Waals surface area contributed by atoms with Gasteiger partial charge in [0.05, 0.1) is 18.6 Å². The van der Waals surface area contributed by atoms with Gasteiger partial charge in [-0.1, -0.05) is 18.2 Å². The summed E-state index contributed by atoms with van der Waals surface area (Å²) in [5.74, 6) is 1.76. The monoisotopic (exact) mass is 336 g/mol. The van der Waals surface area contributed by atoms with Gasteiger partial charge < -0.3 is 15.2 Å². The van der Waals surface area contributed by atoms with E-state index in [9.17, 15) is 4.79 Å². The van der Waals surface area contributed by atoms with E-state index < -0.39 is 0 Å². The van der Waals surface area contributed by atoms with Crippen LogP contribution in [0.25, 0.3) is 10.9 Å². The fourth-order valence-corrected chi connectivity index (χ4v) is 3.06. The Hall–Kier alpha value is -2.80. The zero-order chi connectivity index (χ0) is 17.1. The maximum Gasteiger partial charge on any atom is 0.220 e. The van der Waals surface area contributed by atoms with Gasteiger partial charge in [-0.2, -0.15) is 0 Å². The summed E-state index contributed by atoms with van der Waals surface area (Å²) >= 11 is 0. The SMILES string of the molecule is O=C(CCc1cnc2ccccc2c1)NCc1nnc2n1CCNC2. The molecular formula is C18H20N6O. The Morgan fingerprint density at radius 3 is 3.16 bits per heavy atom. The molecular weight excluding hydrogens is 316 g/mol. The van der Waals surface area contributed by atoms with E-state index in [4.69, 9.17) is 0 Å². The summed E-state index contributed by atoms with van der Waals surface area (Å²) in [5.41, 5.74) is 2.04. The van der Waals surface area contributed by atoms with Crippen molar-refractivity contribution in [2.24, 2.45) is 0 Å². The first kappa shape index (κ1) is 15.7. The minimum absolute atomic E-state index is 0.0134. The minimum atomic E-state index is 0.0134. The third-order valence-electron chi connectivity index (χ3n) is 4.43. The second kappa shape index (κ2) is 6.98. The minimum Gasteiger partial charge on any atom is -0.349 e. The third-order valence-corrected chi connectivity index (χ3v) is 4.43. The molecule has 0 bridgehead atoms. The lowest BCUT2D eigenvalue weighted by Crippen LogP contribution is -2.31. The van der Waals surface area contributed by atoms with Gasteiger partial charge in [-0.05, 0) is 24.1 Å². The van der Waals surface area contributed by atoms with Crippen molar-refractivity contribution in [3.8, 4) is 0 Å². The summed E-state index contributed by atoms with van der Waals surface area (Å²) in [7, 11) is 0. The van der Waals surface area contributed by atoms with Crippen molar-refractivity contribution in [3.05, 3.63) is 53.7 Å². The summed E-state index contributed by atoms with van der Waals surface area (Å²) in [6.07, 6.45) is 2.95. The molecule has 25 heavy (non-hydrogen) atoms. The first-order valence-corrected chi connectivity index (χ1v) is 8.51. The molecule has 0 saturated heterocycles. The van der Waals surface area contributed by atoms with Crippen LogP contribution in [0.1, 0.15) is 23.6 Å². The molecule has 0 spiro atoms. The maximum atomic E-state index is 12.1. The lowest BCUT2D eigenvalue weighted by molar-refractivity contribution is -0.121. The first-order valence-electron chi connectivity index (χ1n) is 8.51. The fraction of sp³-hybridized carbons (Fsp3) is 0.333. The molecule has 0 unspecified atom stereocenters. The number of nitrogens with one attached hydrogen (secondary N) is 2. The molecule has 0 aliphatic carbocycles. The Kier molecular flexibility index (Phi) is 4.39. The topological polar surface area (TPSA) is 84.7 Å². The van der Waals surface area contributed by atoms with Gasteiger partial charge in [0.1, 0.15) is 5.82 Å². The maximum absolute atomic E-state index is 12.1. The number of nitrogens with zero attached hydrogens (tertiary/aromatic N) is 4. The van der Waals surface area contributed by atoms with Crippen molar-refractivity contribution < 1.29 is 4.79 Å². The van der Waals surface area contributed by atoms with Crippen LogP contribution in [0.3, 0.4) is 0 Å². The predicted octanol–water partition coefficient (Wildman–Crippen LogP) is 1.18. The quantitative estimate of drug-likeness (QED) is 0.731. The highest BCUT2D eigenvalue weighted by molar-refractivity contribution is 5.79. The number of hydrogen-bond donors (Lipinski definition) is 2. The second-order valence-electron chi connectivity index (χ2n) is 6.17. The van der Waals surface area contributed by atoms with Gasteiger partial charge in [-0.25, -0.2) is 0 Å². The number of rotatable bonds is 5. The molecule has 2 N–H and O–H groups in total. The molecule has 0 fully saturated rings. The van der Waals surface area contributed by atoms with Crippen LogP contribution in [0.5, 0.6) is 0 Å². The fourth-order valence-electron chi connectivity index (χ4n) is 3.06. The molecule has 128 valence electrons. The molecule has 7 nitrogen and oxygen atoms in total. The van der Waals surface area contributed by atoms with Crippen LogP contribution in [-0.2, 0) is 30.8 Å². The second-order valence-corrected chi connectivity index (χ2v) is 6.17. The van der Waals surface area contributed by atoms with E-state index in [0.29, 0.717) is 19.4 Å². The Labute approximate surface area is 145 Å². The van der Waals surface area contributed by atoms with Crippen LogP contribution < -0.4 is 10.6 Å². The summed E-state index contributed by atoms with van der Waals surface area (Å²) in [5, 5.41) is 15.6. The van der Waals surface area contributed by atoms with E-state index in [1.807, 2.05) is 30.5 Å². The lowest BCUT2D eigenvalue weighted by Gasteiger charge is -2.16. The van der Waals surface area contributed by atoms with E-state index in [2.05, 4.69) is 36.4 Å². The van der Waals surface area contributed by atoms with E-state index in [-0.39, 0.29) is 5.91 Å². The number of fused-ring (bicyclic) bond motifs is 2. The normalized spacial score (nSPS) is 13.6. The number of para-hydroxylation sites is 1. The van der Waals surface area contributed by atoms with Crippen LogP contribution in [0, 0.1) is 0 Å². The number of carbonyl (C=O) groups excluding carboxylic acids is 1. The van der Waals surface area contributed by atoms with Crippen LogP contribution in [-0.4, -0.2) is 32.2 Å². The van der Waals surface area contributed by atoms with Crippen LogP contribution in [0.2, 0.25) is 0 Å². The highest BCUT2D eigenvalue weighted by atomic mass is 16.1. The van der Waals surface area contributed by atoms with Gasteiger partial charge >= 0.3 is 0 Å². The molecule has 4 rings (SSSR count). The number of benzene rings is 1. The largest absolute Gasteiger partial charge is 0.349 e. The standard InChI is InChI=1S/C18H20N6O/c25-18(21-12-17-23-22-16-11-19-7-8-24(16)17)6-5-13-9-14-3-1-2-4-15(14)20-10-13/h1-4,9-10,19H,5-8,11-12H2,(H,21,25). The van der Waals surface area contributed by atoms with E-state index >= 15 is 0 Å². The first-order chi connectivity index (χ1) is 12.3. The Morgan fingerprint density at radius 1 is 1.28 bits per heavy atom. The number of aryl methyl sites for hydroxylation is 1. The Morgan fingerprint density at radius 2 is 2.20 bits per heavy atom. The molecule has 1 aromatic carbocycles. The summed E-state index contributed by atoms with van der Waals surface area (Å²) in [6.45, 7) is 2.90. The van der Waals surface area contributed by atoms with Crippen LogP contribution in [0.15, 0.2) is 36.5 Å².